The molecule has 0 bridgehead atoms. The maximum atomic E-state index is 13.0. The van der Waals surface area contributed by atoms with Crippen molar-refractivity contribution in [3.63, 3.8) is 0 Å². The molecule has 2 heterocycles. The average Bonchev–Trinajstić information content (AvgIpc) is 3.56. The summed E-state index contributed by atoms with van der Waals surface area (Å²) < 4.78 is 67.6. The molecule has 2 aromatic carbocycles. The third-order valence-electron chi connectivity index (χ3n) is 7.03. The van der Waals surface area contributed by atoms with Crippen LogP contribution in [-0.4, -0.2) is 41.4 Å². The summed E-state index contributed by atoms with van der Waals surface area (Å²) in [6, 6.07) is 16.9. The number of alkyl halides is 3. The molecule has 4 aromatic rings. The fourth-order valence-corrected chi connectivity index (χ4v) is 5.68. The van der Waals surface area contributed by atoms with Gasteiger partial charge in [0.15, 0.2) is 5.69 Å². The van der Waals surface area contributed by atoms with Gasteiger partial charge >= 0.3 is 6.18 Å². The predicted octanol–water partition coefficient (Wildman–Crippen LogP) is 4.74. The van der Waals surface area contributed by atoms with E-state index in [9.17, 15) is 26.7 Å². The molecule has 1 saturated carbocycles. The number of nitrogens with one attached hydrogen (secondary N) is 2. The maximum absolute atomic E-state index is 13.0. The van der Waals surface area contributed by atoms with Crippen LogP contribution in [0, 0.1) is 5.41 Å². The number of aryl methyl sites for hydroxylation is 1. The number of nitrogens with zero attached hydrogens (tertiary/aromatic N) is 3. The number of aliphatic hydroxyl groups is 1. The number of hydrogen-bond acceptors (Lipinski definition) is 6. The first-order valence-corrected chi connectivity index (χ1v) is 14.0. The Bertz CT molecular complexity index is 1550. The molecule has 1 fully saturated rings. The van der Waals surface area contributed by atoms with Gasteiger partial charge in [-0.05, 0) is 54.5 Å². The van der Waals surface area contributed by atoms with Crippen LogP contribution in [0.1, 0.15) is 36.6 Å². The zero-order valence-electron chi connectivity index (χ0n) is 20.9. The summed E-state index contributed by atoms with van der Waals surface area (Å²) in [5, 5.41) is 19.2. The number of aromatic nitrogens is 3. The molecular weight excluding hydrogens is 531 g/mol. The van der Waals surface area contributed by atoms with Crippen LogP contribution in [0.2, 0.25) is 0 Å². The number of halogens is 3. The molecule has 5 rings (SSSR count). The topological polar surface area (TPSA) is 109 Å². The van der Waals surface area contributed by atoms with E-state index in [0.29, 0.717) is 17.7 Å². The lowest BCUT2D eigenvalue weighted by Gasteiger charge is -2.23. The molecule has 206 valence electrons. The summed E-state index contributed by atoms with van der Waals surface area (Å²) in [4.78, 5) is 4.47. The van der Waals surface area contributed by atoms with Crippen molar-refractivity contribution in [2.24, 2.45) is 5.41 Å². The molecule has 39 heavy (non-hydrogen) atoms. The van der Waals surface area contributed by atoms with E-state index in [2.05, 4.69) is 20.1 Å². The molecule has 3 N–H and O–H groups in total. The minimum Gasteiger partial charge on any atom is -0.388 e. The standard InChI is InChI=1S/C27H28F3N5O3S/c28-27(29,30)23-10-16-35(34-23)15-4-13-33-39(37,38)21-8-7-19-9-14-31-25(22(19)17-21)32-18-26(11-12-26)24(36)20-5-2-1-3-6-20/h1-3,5-10,14,16-17,24,33,36H,4,11-13,15,18H2,(H,31,32). The first-order valence-electron chi connectivity index (χ1n) is 12.5. The van der Waals surface area contributed by atoms with E-state index in [1.54, 1.807) is 24.4 Å². The van der Waals surface area contributed by atoms with Crippen LogP contribution in [0.15, 0.2) is 78.0 Å². The van der Waals surface area contributed by atoms with Crippen molar-refractivity contribution >= 4 is 26.6 Å². The van der Waals surface area contributed by atoms with Gasteiger partial charge in [-0.2, -0.15) is 18.3 Å². The minimum absolute atomic E-state index is 0.0274. The van der Waals surface area contributed by atoms with Crippen molar-refractivity contribution < 1.29 is 26.7 Å². The van der Waals surface area contributed by atoms with Crippen LogP contribution in [0.5, 0.6) is 0 Å². The van der Waals surface area contributed by atoms with Crippen molar-refractivity contribution in [2.75, 3.05) is 18.4 Å². The second kappa shape index (κ2) is 10.6. The van der Waals surface area contributed by atoms with Gasteiger partial charge in [0.05, 0.1) is 11.0 Å². The molecule has 1 unspecified atom stereocenters. The number of hydrogen-bond donors (Lipinski definition) is 3. The summed E-state index contributed by atoms with van der Waals surface area (Å²) in [7, 11) is -3.88. The van der Waals surface area contributed by atoms with E-state index >= 15 is 0 Å². The number of fused-ring (bicyclic) bond motifs is 1. The van der Waals surface area contributed by atoms with Crippen molar-refractivity contribution in [1.82, 2.24) is 19.5 Å². The van der Waals surface area contributed by atoms with Crippen molar-refractivity contribution in [3.8, 4) is 0 Å². The number of aliphatic hydroxyl groups excluding tert-OH is 1. The first-order chi connectivity index (χ1) is 18.6. The van der Waals surface area contributed by atoms with Gasteiger partial charge in [-0.25, -0.2) is 18.1 Å². The van der Waals surface area contributed by atoms with Crippen LogP contribution < -0.4 is 10.0 Å². The van der Waals surface area contributed by atoms with E-state index in [1.807, 2.05) is 30.3 Å². The Morgan fingerprint density at radius 3 is 2.54 bits per heavy atom. The number of rotatable bonds is 11. The third-order valence-corrected chi connectivity index (χ3v) is 8.49. The molecule has 1 aliphatic carbocycles. The molecule has 8 nitrogen and oxygen atoms in total. The third kappa shape index (κ3) is 6.07. The van der Waals surface area contributed by atoms with Gasteiger partial charge in [-0.3, -0.25) is 4.68 Å². The van der Waals surface area contributed by atoms with Gasteiger partial charge in [0.2, 0.25) is 10.0 Å². The summed E-state index contributed by atoms with van der Waals surface area (Å²) in [6.45, 7) is 0.637. The fourth-order valence-electron chi connectivity index (χ4n) is 4.58. The largest absolute Gasteiger partial charge is 0.435 e. The lowest BCUT2D eigenvalue weighted by atomic mass is 9.92. The Kier molecular flexibility index (Phi) is 7.36. The molecule has 0 spiro atoms. The Balaban J connectivity index is 1.24. The van der Waals surface area contributed by atoms with Gasteiger partial charge in [0.25, 0.3) is 0 Å². The molecular formula is C27H28F3N5O3S. The Morgan fingerprint density at radius 1 is 1.08 bits per heavy atom. The molecule has 2 aromatic heterocycles. The second-order valence-electron chi connectivity index (χ2n) is 9.78. The summed E-state index contributed by atoms with van der Waals surface area (Å²) in [5.74, 6) is 0.523. The Hall–Kier alpha value is -3.48. The highest BCUT2D eigenvalue weighted by atomic mass is 32.2. The van der Waals surface area contributed by atoms with Gasteiger partial charge in [-0.15, -0.1) is 0 Å². The second-order valence-corrected chi connectivity index (χ2v) is 11.6. The quantitative estimate of drug-likeness (QED) is 0.229. The van der Waals surface area contributed by atoms with Crippen LogP contribution in [-0.2, 0) is 22.7 Å². The lowest BCUT2D eigenvalue weighted by molar-refractivity contribution is -0.141. The minimum atomic E-state index is -4.52. The van der Waals surface area contributed by atoms with Gasteiger partial charge in [0, 0.05) is 42.8 Å². The van der Waals surface area contributed by atoms with E-state index in [0.717, 1.165) is 34.5 Å². The van der Waals surface area contributed by atoms with E-state index in [4.69, 9.17) is 0 Å². The average molecular weight is 560 g/mol. The zero-order chi connectivity index (χ0) is 27.7. The zero-order valence-corrected chi connectivity index (χ0v) is 21.7. The smallest absolute Gasteiger partial charge is 0.388 e. The number of benzene rings is 2. The van der Waals surface area contributed by atoms with Crippen LogP contribution in [0.4, 0.5) is 19.0 Å². The van der Waals surface area contributed by atoms with Crippen molar-refractivity contribution in [1.29, 1.82) is 0 Å². The monoisotopic (exact) mass is 559 g/mol. The van der Waals surface area contributed by atoms with E-state index in [1.165, 1.54) is 12.3 Å². The van der Waals surface area contributed by atoms with Crippen molar-refractivity contribution in [3.05, 3.63) is 84.3 Å². The summed E-state index contributed by atoms with van der Waals surface area (Å²) >= 11 is 0. The first kappa shape index (κ1) is 27.1. The van der Waals surface area contributed by atoms with Crippen LogP contribution >= 0.6 is 0 Å². The van der Waals surface area contributed by atoms with Crippen molar-refractivity contribution in [2.45, 2.75) is 43.0 Å². The summed E-state index contributed by atoms with van der Waals surface area (Å²) in [5.41, 5.74) is -0.443. The molecule has 1 aliphatic rings. The van der Waals surface area contributed by atoms with E-state index in [-0.39, 0.29) is 29.8 Å². The SMILES string of the molecule is O=S(=O)(NCCCn1ccc(C(F)(F)F)n1)c1ccc2ccnc(NCC3(C(O)c4ccccc4)CC3)c2c1. The van der Waals surface area contributed by atoms with Gasteiger partial charge in [0.1, 0.15) is 5.82 Å². The molecule has 12 heteroatoms. The highest BCUT2D eigenvalue weighted by Gasteiger charge is 2.49. The van der Waals surface area contributed by atoms with Crippen LogP contribution in [0.3, 0.4) is 0 Å². The highest BCUT2D eigenvalue weighted by Crippen LogP contribution is 2.55. The number of sulfonamides is 1. The number of pyridine rings is 1. The molecule has 0 radical (unpaired) electrons. The Morgan fingerprint density at radius 2 is 1.85 bits per heavy atom. The number of anilines is 1. The molecule has 1 atom stereocenters. The van der Waals surface area contributed by atoms with Crippen LogP contribution in [0.25, 0.3) is 10.8 Å². The normalized spacial score (nSPS) is 15.8. The highest BCUT2D eigenvalue weighted by molar-refractivity contribution is 7.89. The molecule has 0 saturated heterocycles. The predicted molar refractivity (Wildman–Crippen MR) is 140 cm³/mol. The summed E-state index contributed by atoms with van der Waals surface area (Å²) in [6.07, 6.45) is -0.307. The fraction of sp³-hybridized carbons (Fsp3) is 0.333. The Labute approximate surface area is 223 Å². The molecule has 0 aliphatic heterocycles. The molecule has 0 amide bonds. The van der Waals surface area contributed by atoms with E-state index < -0.39 is 28.0 Å². The lowest BCUT2D eigenvalue weighted by Crippen LogP contribution is -2.26. The maximum Gasteiger partial charge on any atom is 0.435 e. The van der Waals surface area contributed by atoms with Gasteiger partial charge < -0.3 is 10.4 Å². The van der Waals surface area contributed by atoms with Gasteiger partial charge in [-0.1, -0.05) is 36.4 Å².